The molecule has 1 amide bonds. The van der Waals surface area contributed by atoms with Gasteiger partial charge in [-0.15, -0.1) is 0 Å². The second-order valence-electron chi connectivity index (χ2n) is 3.10. The van der Waals surface area contributed by atoms with Gasteiger partial charge in [-0.25, -0.2) is 9.78 Å². The molecule has 0 fully saturated rings. The van der Waals surface area contributed by atoms with E-state index < -0.39 is 30.5 Å². The summed E-state index contributed by atoms with van der Waals surface area (Å²) in [4.78, 5) is 25.9. The zero-order valence-corrected chi connectivity index (χ0v) is 9.01. The van der Waals surface area contributed by atoms with E-state index in [2.05, 4.69) is 15.0 Å². The van der Waals surface area contributed by atoms with Crippen molar-refractivity contribution in [1.82, 2.24) is 10.3 Å². The maximum Gasteiger partial charge on any atom is 0.330 e. The quantitative estimate of drug-likeness (QED) is 0.548. The minimum absolute atomic E-state index is 0.0775. The van der Waals surface area contributed by atoms with Gasteiger partial charge >= 0.3 is 5.97 Å². The van der Waals surface area contributed by atoms with Gasteiger partial charge in [0, 0.05) is 6.20 Å². The number of esters is 1. The van der Waals surface area contributed by atoms with Gasteiger partial charge in [0.15, 0.2) is 6.04 Å². The minimum atomic E-state index is -1.16. The molecule has 17 heavy (non-hydrogen) atoms. The molecule has 0 aliphatic carbocycles. The molecule has 7 heteroatoms. The summed E-state index contributed by atoms with van der Waals surface area (Å²) in [5, 5.41) is 11.1. The van der Waals surface area contributed by atoms with Crippen LogP contribution in [0.4, 0.5) is 4.39 Å². The summed E-state index contributed by atoms with van der Waals surface area (Å²) in [6.45, 7) is -0.590. The highest BCUT2D eigenvalue weighted by atomic mass is 19.1. The molecule has 1 atom stereocenters. The number of pyridine rings is 1. The summed E-state index contributed by atoms with van der Waals surface area (Å²) in [7, 11) is 1.14. The van der Waals surface area contributed by atoms with Crippen molar-refractivity contribution in [2.24, 2.45) is 0 Å². The maximum atomic E-state index is 12.5. The number of rotatable bonds is 4. The number of nitrogens with one attached hydrogen (secondary N) is 1. The number of hydrogen-bond acceptors (Lipinski definition) is 5. The molecule has 2 N–H and O–H groups in total. The van der Waals surface area contributed by atoms with E-state index in [9.17, 15) is 14.0 Å². The van der Waals surface area contributed by atoms with E-state index in [0.717, 1.165) is 19.4 Å². The lowest BCUT2D eigenvalue weighted by Crippen LogP contribution is -2.44. The van der Waals surface area contributed by atoms with Gasteiger partial charge in [-0.3, -0.25) is 4.79 Å². The van der Waals surface area contributed by atoms with Crippen LogP contribution in [0.25, 0.3) is 0 Å². The van der Waals surface area contributed by atoms with Gasteiger partial charge in [0.25, 0.3) is 5.91 Å². The Hall–Kier alpha value is -2.02. The number of carbonyl (C=O) groups is 2. The van der Waals surface area contributed by atoms with Gasteiger partial charge in [0.05, 0.1) is 19.3 Å². The first-order chi connectivity index (χ1) is 8.08. The van der Waals surface area contributed by atoms with Crippen molar-refractivity contribution in [1.29, 1.82) is 0 Å². The van der Waals surface area contributed by atoms with E-state index in [1.807, 2.05) is 0 Å². The molecule has 0 aliphatic heterocycles. The fourth-order valence-corrected chi connectivity index (χ4v) is 1.07. The maximum absolute atomic E-state index is 12.5. The van der Waals surface area contributed by atoms with Crippen LogP contribution in [0.3, 0.4) is 0 Å². The van der Waals surface area contributed by atoms with Crippen LogP contribution in [0.5, 0.6) is 0 Å². The van der Waals surface area contributed by atoms with Crippen LogP contribution in [-0.4, -0.2) is 41.7 Å². The molecule has 1 heterocycles. The molecular weight excluding hydrogens is 231 g/mol. The van der Waals surface area contributed by atoms with Crippen LogP contribution in [0.1, 0.15) is 10.4 Å². The molecule has 0 saturated carbocycles. The fraction of sp³-hybridized carbons (Fsp3) is 0.300. The second kappa shape index (κ2) is 5.90. The van der Waals surface area contributed by atoms with Crippen molar-refractivity contribution in [2.75, 3.05) is 13.7 Å². The molecule has 1 rings (SSSR count). The number of carbonyl (C=O) groups excluding carboxylic acids is 2. The molecule has 0 radical (unpaired) electrons. The molecule has 1 aromatic heterocycles. The molecule has 1 unspecified atom stereocenters. The average Bonchev–Trinajstić information content (AvgIpc) is 2.35. The Balaban J connectivity index is 2.71. The van der Waals surface area contributed by atoms with Crippen LogP contribution in [0.15, 0.2) is 18.3 Å². The van der Waals surface area contributed by atoms with Crippen molar-refractivity contribution in [3.8, 4) is 0 Å². The number of aliphatic hydroxyl groups is 1. The van der Waals surface area contributed by atoms with Crippen LogP contribution < -0.4 is 5.32 Å². The highest BCUT2D eigenvalue weighted by Gasteiger charge is 2.21. The number of nitrogens with zero attached hydrogens (tertiary/aromatic N) is 1. The van der Waals surface area contributed by atoms with Gasteiger partial charge in [0.2, 0.25) is 5.95 Å². The number of methoxy groups -OCH3 is 1. The highest BCUT2D eigenvalue weighted by molar-refractivity contribution is 5.96. The molecule has 6 nitrogen and oxygen atoms in total. The Bertz CT molecular complexity index is 407. The number of hydrogen-bond donors (Lipinski definition) is 2. The predicted octanol–water partition coefficient (Wildman–Crippen LogP) is -0.516. The van der Waals surface area contributed by atoms with Crippen LogP contribution in [0.2, 0.25) is 0 Å². The third kappa shape index (κ3) is 3.49. The lowest BCUT2D eigenvalue weighted by molar-refractivity contribution is -0.143. The fourth-order valence-electron chi connectivity index (χ4n) is 1.07. The molecular formula is C10H11FN2O4. The van der Waals surface area contributed by atoms with Crippen LogP contribution >= 0.6 is 0 Å². The largest absolute Gasteiger partial charge is 0.467 e. The summed E-state index contributed by atoms with van der Waals surface area (Å²) >= 11 is 0. The summed E-state index contributed by atoms with van der Waals surface area (Å²) in [5.41, 5.74) is 0.0775. The van der Waals surface area contributed by atoms with Crippen LogP contribution in [-0.2, 0) is 9.53 Å². The van der Waals surface area contributed by atoms with Gasteiger partial charge in [-0.05, 0) is 12.1 Å². The van der Waals surface area contributed by atoms with Gasteiger partial charge in [-0.2, -0.15) is 4.39 Å². The smallest absolute Gasteiger partial charge is 0.330 e. The van der Waals surface area contributed by atoms with Crippen molar-refractivity contribution in [3.63, 3.8) is 0 Å². The average molecular weight is 242 g/mol. The minimum Gasteiger partial charge on any atom is -0.467 e. The monoisotopic (exact) mass is 242 g/mol. The molecule has 0 saturated heterocycles. The van der Waals surface area contributed by atoms with Crippen molar-refractivity contribution in [3.05, 3.63) is 29.8 Å². The predicted molar refractivity (Wildman–Crippen MR) is 54.6 cm³/mol. The van der Waals surface area contributed by atoms with Gasteiger partial charge < -0.3 is 15.2 Å². The third-order valence-electron chi connectivity index (χ3n) is 1.96. The van der Waals surface area contributed by atoms with E-state index in [1.165, 1.54) is 6.07 Å². The Kier molecular flexibility index (Phi) is 4.53. The summed E-state index contributed by atoms with van der Waals surface area (Å²) < 4.78 is 16.9. The van der Waals surface area contributed by atoms with E-state index >= 15 is 0 Å². The zero-order chi connectivity index (χ0) is 12.8. The van der Waals surface area contributed by atoms with Crippen molar-refractivity contribution < 1.29 is 23.8 Å². The molecule has 92 valence electrons. The van der Waals surface area contributed by atoms with Crippen molar-refractivity contribution >= 4 is 11.9 Å². The first-order valence-electron chi connectivity index (χ1n) is 4.69. The number of aromatic nitrogens is 1. The first kappa shape index (κ1) is 13.0. The van der Waals surface area contributed by atoms with E-state index in [4.69, 9.17) is 5.11 Å². The third-order valence-corrected chi connectivity index (χ3v) is 1.96. The molecule has 0 bridgehead atoms. The number of amides is 1. The van der Waals surface area contributed by atoms with Gasteiger partial charge in [-0.1, -0.05) is 0 Å². The summed E-state index contributed by atoms with van der Waals surface area (Å²) in [5.74, 6) is -2.13. The summed E-state index contributed by atoms with van der Waals surface area (Å²) in [6.07, 6.45) is 1.02. The molecule has 0 spiro atoms. The Morgan fingerprint density at radius 2 is 2.29 bits per heavy atom. The SMILES string of the molecule is COC(=O)C(CO)NC(=O)c1ccc(F)nc1. The summed E-state index contributed by atoms with van der Waals surface area (Å²) in [6, 6.07) is 1.07. The Morgan fingerprint density at radius 1 is 1.59 bits per heavy atom. The van der Waals surface area contributed by atoms with Crippen molar-refractivity contribution in [2.45, 2.75) is 6.04 Å². The molecule has 0 aliphatic rings. The lowest BCUT2D eigenvalue weighted by atomic mass is 10.2. The number of ether oxygens (including phenoxy) is 1. The van der Waals surface area contributed by atoms with E-state index in [-0.39, 0.29) is 5.56 Å². The van der Waals surface area contributed by atoms with Gasteiger partial charge in [0.1, 0.15) is 0 Å². The zero-order valence-electron chi connectivity index (χ0n) is 9.01. The lowest BCUT2D eigenvalue weighted by Gasteiger charge is -2.13. The topological polar surface area (TPSA) is 88.5 Å². The number of halogens is 1. The Labute approximate surface area is 96.4 Å². The van der Waals surface area contributed by atoms with E-state index in [1.54, 1.807) is 0 Å². The first-order valence-corrected chi connectivity index (χ1v) is 4.69. The molecule has 0 aromatic carbocycles. The second-order valence-corrected chi connectivity index (χ2v) is 3.10. The normalized spacial score (nSPS) is 11.7. The standard InChI is InChI=1S/C10H11FN2O4/c1-17-10(16)7(5-14)13-9(15)6-2-3-8(11)12-4-6/h2-4,7,14H,5H2,1H3,(H,13,15). The molecule has 1 aromatic rings. The van der Waals surface area contributed by atoms with Crippen LogP contribution in [0, 0.1) is 5.95 Å². The Morgan fingerprint density at radius 3 is 2.76 bits per heavy atom. The number of aliphatic hydroxyl groups excluding tert-OH is 1. The highest BCUT2D eigenvalue weighted by Crippen LogP contribution is 2.00. The van der Waals surface area contributed by atoms with E-state index in [0.29, 0.717) is 0 Å².